The Bertz CT molecular complexity index is 788. The molecule has 2 aromatic carbocycles. The number of ether oxygens (including phenoxy) is 1. The quantitative estimate of drug-likeness (QED) is 0.681. The van der Waals surface area contributed by atoms with Crippen LogP contribution in [0.5, 0.6) is 5.75 Å². The lowest BCUT2D eigenvalue weighted by Crippen LogP contribution is -2.53. The monoisotopic (exact) mass is 412 g/mol. The minimum atomic E-state index is 0.339. The molecule has 1 atom stereocenters. The van der Waals surface area contributed by atoms with E-state index in [0.717, 1.165) is 49.5 Å². The van der Waals surface area contributed by atoms with Crippen molar-refractivity contribution in [3.05, 3.63) is 59.2 Å². The smallest absolute Gasteiger partial charge is 0.119 e. The van der Waals surface area contributed by atoms with Gasteiger partial charge in [-0.2, -0.15) is 5.26 Å². The topological polar surface area (TPSA) is 74.3 Å². The van der Waals surface area contributed by atoms with Crippen LogP contribution in [0.1, 0.15) is 16.7 Å². The second-order valence-electron chi connectivity index (χ2n) is 7.01. The highest BCUT2D eigenvalue weighted by atomic mass is 32.2. The summed E-state index contributed by atoms with van der Waals surface area (Å²) in [6.07, 6.45) is 3.05. The molecule has 1 unspecified atom stereocenters. The summed E-state index contributed by atoms with van der Waals surface area (Å²) in [6.45, 7) is 6.76. The van der Waals surface area contributed by atoms with Crippen molar-refractivity contribution in [1.29, 1.82) is 5.26 Å². The number of nitrogens with zero attached hydrogens (tertiary/aromatic N) is 2. The van der Waals surface area contributed by atoms with E-state index < -0.39 is 0 Å². The molecular weight excluding hydrogens is 380 g/mol. The van der Waals surface area contributed by atoms with Crippen molar-refractivity contribution in [3.8, 4) is 11.8 Å². The highest BCUT2D eigenvalue weighted by molar-refractivity contribution is 7.98. The van der Waals surface area contributed by atoms with E-state index >= 15 is 0 Å². The van der Waals surface area contributed by atoms with Crippen molar-refractivity contribution in [1.82, 2.24) is 10.2 Å². The summed E-state index contributed by atoms with van der Waals surface area (Å²) < 4.78 is 5.97. The van der Waals surface area contributed by atoms with Gasteiger partial charge in [-0.3, -0.25) is 0 Å². The van der Waals surface area contributed by atoms with Gasteiger partial charge in [0.2, 0.25) is 0 Å². The number of rotatable bonds is 7. The summed E-state index contributed by atoms with van der Waals surface area (Å²) in [7, 11) is 1.50. The fraction of sp³-hybridized carbons (Fsp3) is 0.435. The molecule has 0 aromatic heterocycles. The zero-order valence-electron chi connectivity index (χ0n) is 17.6. The van der Waals surface area contributed by atoms with Gasteiger partial charge in [0.25, 0.3) is 0 Å². The molecule has 5 nitrogen and oxygen atoms in total. The molecule has 3 rings (SSSR count). The van der Waals surface area contributed by atoms with Gasteiger partial charge < -0.3 is 20.7 Å². The largest absolute Gasteiger partial charge is 0.492 e. The number of nitrogens with one attached hydrogen (secondary N) is 1. The van der Waals surface area contributed by atoms with Gasteiger partial charge >= 0.3 is 0 Å². The van der Waals surface area contributed by atoms with Crippen LogP contribution < -0.4 is 15.8 Å². The van der Waals surface area contributed by atoms with Gasteiger partial charge in [-0.05, 0) is 74.2 Å². The molecule has 1 aliphatic heterocycles. The summed E-state index contributed by atoms with van der Waals surface area (Å²) >= 11 is 1.74. The lowest BCUT2D eigenvalue weighted by molar-refractivity contribution is 0.159. The van der Waals surface area contributed by atoms with Gasteiger partial charge in [0.15, 0.2) is 0 Å². The Kier molecular flexibility index (Phi) is 10.0. The van der Waals surface area contributed by atoms with Crippen LogP contribution in [0.25, 0.3) is 0 Å². The number of hydrogen-bond donors (Lipinski definition) is 2. The van der Waals surface area contributed by atoms with Gasteiger partial charge in [-0.1, -0.05) is 6.07 Å². The van der Waals surface area contributed by atoms with Crippen molar-refractivity contribution in [2.24, 2.45) is 5.73 Å². The molecular formula is C23H32N4OS. The average Bonchev–Trinajstić information content (AvgIpc) is 2.78. The number of nitriles is 1. The lowest BCUT2D eigenvalue weighted by atomic mass is 10.0. The van der Waals surface area contributed by atoms with Gasteiger partial charge in [-0.25, -0.2) is 0 Å². The zero-order chi connectivity index (χ0) is 21.1. The Balaban J connectivity index is 0.00000145. The van der Waals surface area contributed by atoms with Crippen molar-refractivity contribution in [2.45, 2.75) is 24.3 Å². The highest BCUT2D eigenvalue weighted by Crippen LogP contribution is 2.19. The molecule has 2 aromatic rings. The number of nitrogens with two attached hydrogens (primary N) is 1. The van der Waals surface area contributed by atoms with Gasteiger partial charge in [0, 0.05) is 31.1 Å². The van der Waals surface area contributed by atoms with Crippen molar-refractivity contribution in [3.63, 3.8) is 0 Å². The molecule has 0 aliphatic carbocycles. The maximum absolute atomic E-state index is 9.14. The molecule has 0 radical (unpaired) electrons. The fourth-order valence-corrected chi connectivity index (χ4v) is 3.84. The summed E-state index contributed by atoms with van der Waals surface area (Å²) in [5, 5.41) is 12.7. The van der Waals surface area contributed by atoms with Crippen LogP contribution >= 0.6 is 11.8 Å². The van der Waals surface area contributed by atoms with E-state index in [0.29, 0.717) is 12.6 Å². The van der Waals surface area contributed by atoms with Crippen LogP contribution in [0.3, 0.4) is 0 Å². The Hall–Kier alpha value is -2.04. The third-order valence-electron chi connectivity index (χ3n) is 4.83. The first-order chi connectivity index (χ1) is 14.2. The van der Waals surface area contributed by atoms with Gasteiger partial charge in [-0.15, -0.1) is 11.8 Å². The Morgan fingerprint density at radius 3 is 2.69 bits per heavy atom. The number of thioether (sulfide) groups is 1. The van der Waals surface area contributed by atoms with Crippen LogP contribution in [0.2, 0.25) is 0 Å². The van der Waals surface area contributed by atoms with Crippen LogP contribution in [0, 0.1) is 18.3 Å². The zero-order valence-corrected chi connectivity index (χ0v) is 18.5. The standard InChI is InChI=1S/C22H27N3OS.CH5N/c1-17-11-18(13-19(12-17)14-23)7-9-25-10-8-24-20(15-25)16-26-21-3-5-22(27-2)6-4-21;1-2/h3-6,11-13,20,24H,7-10,15-16H2,1-2H3;2H2,1H3. The number of piperazine rings is 1. The molecule has 0 saturated carbocycles. The summed E-state index contributed by atoms with van der Waals surface area (Å²) in [5.41, 5.74) is 7.65. The molecule has 0 spiro atoms. The minimum absolute atomic E-state index is 0.339. The summed E-state index contributed by atoms with van der Waals surface area (Å²) in [6, 6.07) is 17.0. The first-order valence-corrected chi connectivity index (χ1v) is 11.2. The maximum Gasteiger partial charge on any atom is 0.119 e. The van der Waals surface area contributed by atoms with Crippen LogP contribution in [-0.2, 0) is 6.42 Å². The molecule has 156 valence electrons. The summed E-state index contributed by atoms with van der Waals surface area (Å²) in [4.78, 5) is 3.73. The van der Waals surface area contributed by atoms with E-state index in [9.17, 15) is 0 Å². The lowest BCUT2D eigenvalue weighted by Gasteiger charge is -2.33. The number of aryl methyl sites for hydroxylation is 1. The Labute approximate surface area is 179 Å². The first-order valence-electron chi connectivity index (χ1n) is 9.97. The molecule has 0 bridgehead atoms. The summed E-state index contributed by atoms with van der Waals surface area (Å²) in [5.74, 6) is 0.926. The van der Waals surface area contributed by atoms with Crippen molar-refractivity contribution < 1.29 is 4.74 Å². The molecule has 1 fully saturated rings. The molecule has 0 amide bonds. The van der Waals surface area contributed by atoms with Crippen LogP contribution in [-0.4, -0.2) is 57.0 Å². The van der Waals surface area contributed by atoms with E-state index in [1.807, 2.05) is 31.2 Å². The Morgan fingerprint density at radius 1 is 1.24 bits per heavy atom. The fourth-order valence-electron chi connectivity index (χ4n) is 3.44. The normalized spacial score (nSPS) is 16.4. The second kappa shape index (κ2) is 12.5. The van der Waals surface area contributed by atoms with Crippen molar-refractivity contribution in [2.75, 3.05) is 46.1 Å². The molecule has 1 saturated heterocycles. The third kappa shape index (κ3) is 7.71. The Morgan fingerprint density at radius 2 is 2.00 bits per heavy atom. The predicted octanol–water partition coefficient (Wildman–Crippen LogP) is 3.06. The predicted molar refractivity (Wildman–Crippen MR) is 122 cm³/mol. The van der Waals surface area contributed by atoms with E-state index in [1.165, 1.54) is 17.5 Å². The highest BCUT2D eigenvalue weighted by Gasteiger charge is 2.19. The molecule has 1 heterocycles. The average molecular weight is 413 g/mol. The first kappa shape index (κ1) is 23.2. The minimum Gasteiger partial charge on any atom is -0.492 e. The molecule has 3 N–H and O–H groups in total. The third-order valence-corrected chi connectivity index (χ3v) is 5.58. The van der Waals surface area contributed by atoms with E-state index in [1.54, 1.807) is 11.8 Å². The molecule has 6 heteroatoms. The number of benzene rings is 2. The van der Waals surface area contributed by atoms with Crippen LogP contribution in [0.4, 0.5) is 0 Å². The van der Waals surface area contributed by atoms with E-state index in [4.69, 9.17) is 10.00 Å². The second-order valence-corrected chi connectivity index (χ2v) is 7.89. The van der Waals surface area contributed by atoms with Gasteiger partial charge in [0.05, 0.1) is 17.7 Å². The van der Waals surface area contributed by atoms with Gasteiger partial charge in [0.1, 0.15) is 12.4 Å². The molecule has 29 heavy (non-hydrogen) atoms. The van der Waals surface area contributed by atoms with E-state index in [2.05, 4.69) is 46.5 Å². The SMILES string of the molecule is CN.CSc1ccc(OCC2CN(CCc3cc(C)cc(C#N)c3)CCN2)cc1. The van der Waals surface area contributed by atoms with E-state index in [-0.39, 0.29) is 0 Å². The number of hydrogen-bond acceptors (Lipinski definition) is 6. The molecule has 1 aliphatic rings. The van der Waals surface area contributed by atoms with Crippen LogP contribution in [0.15, 0.2) is 47.4 Å². The maximum atomic E-state index is 9.14. The van der Waals surface area contributed by atoms with Crippen molar-refractivity contribution >= 4 is 11.8 Å².